The Kier molecular flexibility index (Phi) is 12.8. The number of thiazole rings is 1. The Morgan fingerprint density at radius 2 is 1.83 bits per heavy atom. The zero-order valence-electron chi connectivity index (χ0n) is 35.3. The van der Waals surface area contributed by atoms with Crippen molar-refractivity contribution in [3.05, 3.63) is 41.0 Å². The van der Waals surface area contributed by atoms with Crippen LogP contribution in [0.2, 0.25) is 0 Å². The second-order valence-electron chi connectivity index (χ2n) is 18.5. The lowest BCUT2D eigenvalue weighted by Gasteiger charge is -2.60. The number of nitrogens with zero attached hydrogens (tertiary/aromatic N) is 2. The Hall–Kier alpha value is -3.67. The minimum absolute atomic E-state index is 0.0136. The number of carbonyl (C=O) groups excluding carboxylic acids is 4. The lowest BCUT2D eigenvalue weighted by Crippen LogP contribution is -2.70. The molecule has 1 aliphatic carbocycles. The number of hydrogen-bond acceptors (Lipinski definition) is 12. The van der Waals surface area contributed by atoms with Gasteiger partial charge >= 0.3 is 6.09 Å². The van der Waals surface area contributed by atoms with E-state index in [1.807, 2.05) is 64.4 Å². The number of aryl methyl sites for hydroxylation is 1. The Morgan fingerprint density at radius 3 is 2.54 bits per heavy atom. The molecular weight excluding hydrogens is 779 g/mol. The normalized spacial score (nSPS) is 33.1. The van der Waals surface area contributed by atoms with E-state index in [0.29, 0.717) is 12.3 Å². The highest BCUT2D eigenvalue weighted by Gasteiger charge is 2.69. The van der Waals surface area contributed by atoms with Gasteiger partial charge in [0.25, 0.3) is 0 Å². The summed E-state index contributed by atoms with van der Waals surface area (Å²) in [5.41, 5.74) is 3.33. The molecule has 1 spiro atoms. The van der Waals surface area contributed by atoms with Gasteiger partial charge in [0.05, 0.1) is 34.9 Å². The maximum atomic E-state index is 14.0. The van der Waals surface area contributed by atoms with E-state index >= 15 is 0 Å². The van der Waals surface area contributed by atoms with Gasteiger partial charge in [-0.25, -0.2) is 19.6 Å². The predicted molar refractivity (Wildman–Crippen MR) is 217 cm³/mol. The Bertz CT molecular complexity index is 1850. The second kappa shape index (κ2) is 17.4. The monoisotopic (exact) mass is 839 g/mol. The van der Waals surface area contributed by atoms with E-state index in [9.17, 15) is 24.3 Å². The van der Waals surface area contributed by atoms with Crippen LogP contribution in [0.3, 0.4) is 0 Å². The lowest BCUT2D eigenvalue weighted by atomic mass is 9.57. The molecule has 2 bridgehead atoms. The molecule has 1 saturated carbocycles. The topological polar surface area (TPSA) is 187 Å². The first-order valence-electron chi connectivity index (χ1n) is 21.1. The summed E-state index contributed by atoms with van der Waals surface area (Å²) in [6.07, 6.45) is 1.90. The molecule has 6 fully saturated rings. The van der Waals surface area contributed by atoms with Gasteiger partial charge in [0.15, 0.2) is 11.9 Å². The lowest BCUT2D eigenvalue weighted by molar-refractivity contribution is -0.571. The third kappa shape index (κ3) is 9.03. The molecule has 15 nitrogen and oxygen atoms in total. The number of β-amino-alcohol motifs (C(OH)–C–C–N with tert-alkyl or cyclic N) is 1. The van der Waals surface area contributed by atoms with Gasteiger partial charge in [0.1, 0.15) is 12.1 Å². The first-order chi connectivity index (χ1) is 28.0. The van der Waals surface area contributed by atoms with E-state index in [1.54, 1.807) is 11.3 Å². The first kappa shape index (κ1) is 43.4. The third-order valence-electron chi connectivity index (χ3n) is 13.3. The van der Waals surface area contributed by atoms with Crippen LogP contribution in [0.4, 0.5) is 4.79 Å². The highest BCUT2D eigenvalue weighted by Crippen LogP contribution is 2.60. The predicted octanol–water partition coefficient (Wildman–Crippen LogP) is 4.98. The number of hydrogen-bond donors (Lipinski definition) is 4. The van der Waals surface area contributed by atoms with Gasteiger partial charge in [-0.2, -0.15) is 0 Å². The molecule has 1 unspecified atom stereocenters. The van der Waals surface area contributed by atoms with Gasteiger partial charge in [0, 0.05) is 51.2 Å². The number of amides is 4. The van der Waals surface area contributed by atoms with Crippen molar-refractivity contribution in [2.75, 3.05) is 19.7 Å². The minimum atomic E-state index is -0.989. The number of rotatable bonds is 12. The van der Waals surface area contributed by atoms with Crippen LogP contribution >= 0.6 is 11.3 Å². The highest BCUT2D eigenvalue weighted by molar-refractivity contribution is 7.13. The molecule has 1 aromatic carbocycles. The minimum Gasteiger partial charge on any atom is -0.449 e. The Labute approximate surface area is 350 Å². The molecule has 324 valence electrons. The number of aliphatic hydroxyl groups excluding tert-OH is 1. The van der Waals surface area contributed by atoms with Crippen molar-refractivity contribution in [2.24, 2.45) is 29.1 Å². The largest absolute Gasteiger partial charge is 0.449 e. The number of alkyl carbamates (subject to hydrolysis) is 1. The molecule has 5 aliphatic heterocycles. The van der Waals surface area contributed by atoms with Gasteiger partial charge in [-0.3, -0.25) is 14.4 Å². The molecule has 0 radical (unpaired) electrons. The fourth-order valence-electron chi connectivity index (χ4n) is 9.92. The summed E-state index contributed by atoms with van der Waals surface area (Å²) in [4.78, 5) is 72.2. The van der Waals surface area contributed by atoms with E-state index in [4.69, 9.17) is 24.0 Å². The summed E-state index contributed by atoms with van der Waals surface area (Å²) in [5, 5.41) is 19.0. The molecule has 6 aliphatic rings. The van der Waals surface area contributed by atoms with Crippen LogP contribution in [-0.2, 0) is 44.9 Å². The summed E-state index contributed by atoms with van der Waals surface area (Å²) >= 11 is 1.57. The van der Waals surface area contributed by atoms with E-state index in [0.717, 1.165) is 47.4 Å². The smallest absolute Gasteiger partial charge is 0.407 e. The average Bonchev–Trinajstić information content (AvgIpc) is 3.73. The van der Waals surface area contributed by atoms with Crippen LogP contribution in [0.5, 0.6) is 0 Å². The van der Waals surface area contributed by atoms with Gasteiger partial charge in [0.2, 0.25) is 23.5 Å². The number of ether oxygens (including phenoxy) is 3. The molecule has 4 N–H and O–H groups in total. The Morgan fingerprint density at radius 1 is 1.07 bits per heavy atom. The Balaban J connectivity index is 0.864. The van der Waals surface area contributed by atoms with E-state index < -0.39 is 59.2 Å². The van der Waals surface area contributed by atoms with Crippen molar-refractivity contribution < 1.29 is 48.3 Å². The fourth-order valence-corrected chi connectivity index (χ4v) is 10.7. The van der Waals surface area contributed by atoms with Crippen LogP contribution in [0.1, 0.15) is 97.7 Å². The molecule has 2 aromatic rings. The molecule has 11 atom stereocenters. The van der Waals surface area contributed by atoms with Crippen molar-refractivity contribution in [2.45, 2.75) is 142 Å². The number of aromatic nitrogens is 1. The molecule has 4 amide bonds. The van der Waals surface area contributed by atoms with E-state index in [-0.39, 0.29) is 68.8 Å². The first-order valence-corrected chi connectivity index (χ1v) is 22.0. The summed E-state index contributed by atoms with van der Waals surface area (Å²) < 4.78 is 18.5. The summed E-state index contributed by atoms with van der Waals surface area (Å²) in [7, 11) is 0. The number of nitrogens with one attached hydrogen (secondary N) is 3. The van der Waals surface area contributed by atoms with Crippen molar-refractivity contribution in [3.8, 4) is 10.4 Å². The zero-order chi connectivity index (χ0) is 42.3. The highest BCUT2D eigenvalue weighted by atomic mass is 32.1. The van der Waals surface area contributed by atoms with Crippen LogP contribution in [0.15, 0.2) is 29.8 Å². The maximum absolute atomic E-state index is 14.0. The van der Waals surface area contributed by atoms with Gasteiger partial charge in [-0.15, -0.1) is 11.3 Å². The van der Waals surface area contributed by atoms with Crippen LogP contribution < -0.4 is 16.0 Å². The molecule has 1 aromatic heterocycles. The SMILES string of the molecule is Cc1ncsc1-c1ccc(CNC(=O)[C@@H]2C[C@@H](O)CN2C(=O)[C@@H](NC(=O)CCNC(=O)OCC[C@H]2O[C@@H]3OC4(C)CC[C@H]5[C@H](C)CC[C@@H]([C@H]2C)[C@@]35OO4)C(C)(C)C)cc1. The van der Waals surface area contributed by atoms with Crippen molar-refractivity contribution in [3.63, 3.8) is 0 Å². The molecule has 8 rings (SSSR count). The molecular formula is C43H61N5O10S. The number of likely N-dealkylation sites (tertiary alicyclic amines) is 1. The van der Waals surface area contributed by atoms with Gasteiger partial charge in [-0.1, -0.05) is 58.9 Å². The van der Waals surface area contributed by atoms with Crippen LogP contribution in [-0.4, -0.2) is 100 Å². The molecule has 5 saturated heterocycles. The second-order valence-corrected chi connectivity index (χ2v) is 19.3. The standard InChI is InChI=1S/C43H61N5O10S/c1-24-8-13-31-25(2)33(55-39-43(31)30(24)14-17-42(7,56-39)57-58-43)16-19-54-40(53)44-18-15-34(50)47-36(41(4,5)6)38(52)48-22-29(49)20-32(48)37(51)45-21-27-9-11-28(12-10-27)35-26(3)46-23-59-35/h9-12,23-25,29-33,36,39,49H,8,13-22H2,1-7H3,(H,44,53)(H,45,51)(H,47,50)/t24-,25-,29-,30+,31+,32+,33-,36-,39-,42?,43-/m1/s1. The van der Waals surface area contributed by atoms with Crippen molar-refractivity contribution >= 4 is 35.2 Å². The van der Waals surface area contributed by atoms with Crippen LogP contribution in [0, 0.1) is 36.0 Å². The fraction of sp³-hybridized carbons (Fsp3) is 0.698. The number of fused-ring (bicyclic) bond motifs is 2. The quantitative estimate of drug-likeness (QED) is 0.211. The summed E-state index contributed by atoms with van der Waals surface area (Å²) in [6, 6.07) is 5.96. The molecule has 16 heteroatoms. The molecule has 59 heavy (non-hydrogen) atoms. The van der Waals surface area contributed by atoms with Gasteiger partial charge in [-0.05, 0) is 67.4 Å². The van der Waals surface area contributed by atoms with Gasteiger partial charge < -0.3 is 40.2 Å². The summed E-state index contributed by atoms with van der Waals surface area (Å²) in [6.45, 7) is 14.1. The van der Waals surface area contributed by atoms with E-state index in [2.05, 4.69) is 34.8 Å². The summed E-state index contributed by atoms with van der Waals surface area (Å²) in [5.74, 6) is -1.12. The average molecular weight is 840 g/mol. The number of aliphatic hydroxyl groups is 1. The number of carbonyl (C=O) groups is 4. The molecule has 6 heterocycles. The maximum Gasteiger partial charge on any atom is 0.407 e. The van der Waals surface area contributed by atoms with Crippen LogP contribution in [0.25, 0.3) is 10.4 Å². The van der Waals surface area contributed by atoms with E-state index in [1.165, 1.54) is 4.90 Å². The van der Waals surface area contributed by atoms with Crippen molar-refractivity contribution in [1.82, 2.24) is 25.8 Å². The number of benzene rings is 1. The third-order valence-corrected chi connectivity index (χ3v) is 14.2. The zero-order valence-corrected chi connectivity index (χ0v) is 36.1. The van der Waals surface area contributed by atoms with Crippen molar-refractivity contribution in [1.29, 1.82) is 0 Å².